The molecule has 2 atom stereocenters. The molecule has 110 valence electrons. The van der Waals surface area contributed by atoms with Crippen LogP contribution in [0.3, 0.4) is 0 Å². The zero-order valence-corrected chi connectivity index (χ0v) is 12.6. The first-order chi connectivity index (χ1) is 9.50. The Morgan fingerprint density at radius 1 is 1.25 bits per heavy atom. The number of primary amides is 1. The maximum atomic E-state index is 11.4. The van der Waals surface area contributed by atoms with Gasteiger partial charge in [-0.2, -0.15) is 0 Å². The van der Waals surface area contributed by atoms with Crippen LogP contribution in [0.1, 0.15) is 51.0 Å². The van der Waals surface area contributed by atoms with Gasteiger partial charge in [-0.05, 0) is 38.2 Å². The Morgan fingerprint density at radius 3 is 2.55 bits per heavy atom. The molecule has 3 nitrogen and oxygen atoms in total. The van der Waals surface area contributed by atoms with Crippen molar-refractivity contribution in [3.8, 4) is 0 Å². The summed E-state index contributed by atoms with van der Waals surface area (Å²) in [4.78, 5) is 11.4. The van der Waals surface area contributed by atoms with E-state index in [4.69, 9.17) is 5.73 Å². The summed E-state index contributed by atoms with van der Waals surface area (Å²) in [5.41, 5.74) is 6.37. The zero-order chi connectivity index (χ0) is 14.6. The number of rotatable bonds is 5. The highest BCUT2D eigenvalue weighted by molar-refractivity contribution is 5.80. The average Bonchev–Trinajstić information content (AvgIpc) is 2.46. The second kappa shape index (κ2) is 6.40. The van der Waals surface area contributed by atoms with Crippen molar-refractivity contribution in [2.45, 2.75) is 51.5 Å². The molecular formula is C17H26N2O. The van der Waals surface area contributed by atoms with Crippen LogP contribution in [0, 0.1) is 5.41 Å². The lowest BCUT2D eigenvalue weighted by Gasteiger charge is -2.35. The van der Waals surface area contributed by atoms with Crippen molar-refractivity contribution in [1.82, 2.24) is 5.32 Å². The first-order valence-corrected chi connectivity index (χ1v) is 7.59. The molecule has 20 heavy (non-hydrogen) atoms. The second-order valence-corrected chi connectivity index (χ2v) is 6.54. The van der Waals surface area contributed by atoms with Crippen molar-refractivity contribution in [1.29, 1.82) is 0 Å². The average molecular weight is 274 g/mol. The van der Waals surface area contributed by atoms with Crippen molar-refractivity contribution in [2.24, 2.45) is 11.1 Å². The molecule has 0 heterocycles. The predicted molar refractivity (Wildman–Crippen MR) is 82.4 cm³/mol. The first kappa shape index (κ1) is 15.0. The molecule has 0 radical (unpaired) electrons. The molecule has 3 heteroatoms. The molecular weight excluding hydrogens is 248 g/mol. The summed E-state index contributed by atoms with van der Waals surface area (Å²) in [6.07, 6.45) is 4.95. The van der Waals surface area contributed by atoms with Crippen LogP contribution in [0.5, 0.6) is 0 Å². The molecule has 2 unspecified atom stereocenters. The molecule has 1 aliphatic rings. The van der Waals surface area contributed by atoms with Crippen molar-refractivity contribution in [3.63, 3.8) is 0 Å². The largest absolute Gasteiger partial charge is 0.369 e. The topological polar surface area (TPSA) is 55.1 Å². The highest BCUT2D eigenvalue weighted by Crippen LogP contribution is 2.33. The lowest BCUT2D eigenvalue weighted by Crippen LogP contribution is -2.46. The van der Waals surface area contributed by atoms with E-state index in [-0.39, 0.29) is 5.91 Å². The van der Waals surface area contributed by atoms with E-state index in [1.807, 2.05) is 13.8 Å². The Kier molecular flexibility index (Phi) is 4.81. The number of carbonyl (C=O) groups is 1. The van der Waals surface area contributed by atoms with Gasteiger partial charge in [-0.25, -0.2) is 0 Å². The summed E-state index contributed by atoms with van der Waals surface area (Å²) in [6, 6.07) is 11.1. The summed E-state index contributed by atoms with van der Waals surface area (Å²) in [6.45, 7) is 4.46. The highest BCUT2D eigenvalue weighted by atomic mass is 16.1. The lowest BCUT2D eigenvalue weighted by atomic mass is 9.79. The van der Waals surface area contributed by atoms with E-state index in [1.165, 1.54) is 31.2 Å². The molecule has 3 N–H and O–H groups in total. The molecule has 0 spiro atoms. The Hall–Kier alpha value is -1.35. The molecule has 1 aromatic carbocycles. The summed E-state index contributed by atoms with van der Waals surface area (Å²) in [5.74, 6) is 0.311. The van der Waals surface area contributed by atoms with Gasteiger partial charge in [-0.3, -0.25) is 4.79 Å². The van der Waals surface area contributed by atoms with E-state index in [1.54, 1.807) is 0 Å². The second-order valence-electron chi connectivity index (χ2n) is 6.54. The molecule has 0 saturated heterocycles. The van der Waals surface area contributed by atoms with Crippen LogP contribution in [0.15, 0.2) is 30.3 Å². The minimum absolute atomic E-state index is 0.239. The smallest absolute Gasteiger partial charge is 0.224 e. The predicted octanol–water partition coefficient (Wildman–Crippen LogP) is 2.81. The van der Waals surface area contributed by atoms with Crippen LogP contribution in [0.25, 0.3) is 0 Å². The molecule has 0 aromatic heterocycles. The third kappa shape index (κ3) is 3.60. The third-order valence-electron chi connectivity index (χ3n) is 4.47. The SMILES string of the molecule is CC(C)(CNC1CCCCC1c1ccccc1)C(N)=O. The number of amides is 1. The molecule has 1 fully saturated rings. The minimum atomic E-state index is -0.487. The van der Waals surface area contributed by atoms with E-state index in [0.717, 1.165) is 0 Å². The van der Waals surface area contributed by atoms with Crippen molar-refractivity contribution >= 4 is 5.91 Å². The Bertz CT molecular complexity index is 442. The summed E-state index contributed by atoms with van der Waals surface area (Å²) in [7, 11) is 0. The molecule has 1 saturated carbocycles. The number of benzene rings is 1. The maximum absolute atomic E-state index is 11.4. The standard InChI is InChI=1S/C17H26N2O/c1-17(2,16(18)20)12-19-15-11-7-6-10-14(15)13-8-4-3-5-9-13/h3-5,8-9,14-15,19H,6-7,10-12H2,1-2H3,(H2,18,20). The molecule has 0 aliphatic heterocycles. The van der Waals surface area contributed by atoms with E-state index in [0.29, 0.717) is 18.5 Å². The van der Waals surface area contributed by atoms with Gasteiger partial charge in [0.2, 0.25) is 5.91 Å². The van der Waals surface area contributed by atoms with Crippen LogP contribution < -0.4 is 11.1 Å². The van der Waals surface area contributed by atoms with Crippen molar-refractivity contribution < 1.29 is 4.79 Å². The fourth-order valence-electron chi connectivity index (χ4n) is 2.95. The zero-order valence-electron chi connectivity index (χ0n) is 12.6. The molecule has 0 bridgehead atoms. The number of hydrogen-bond acceptors (Lipinski definition) is 2. The first-order valence-electron chi connectivity index (χ1n) is 7.59. The van der Waals surface area contributed by atoms with Gasteiger partial charge < -0.3 is 11.1 Å². The van der Waals surface area contributed by atoms with Crippen LogP contribution >= 0.6 is 0 Å². The molecule has 1 aromatic rings. The molecule has 1 amide bonds. The van der Waals surface area contributed by atoms with E-state index >= 15 is 0 Å². The number of hydrogen-bond donors (Lipinski definition) is 2. The van der Waals surface area contributed by atoms with Gasteiger partial charge in [0.1, 0.15) is 0 Å². The summed E-state index contributed by atoms with van der Waals surface area (Å²) < 4.78 is 0. The monoisotopic (exact) mass is 274 g/mol. The van der Waals surface area contributed by atoms with Gasteiger partial charge >= 0.3 is 0 Å². The summed E-state index contributed by atoms with van der Waals surface area (Å²) >= 11 is 0. The fraction of sp³-hybridized carbons (Fsp3) is 0.588. The van der Waals surface area contributed by atoms with Crippen LogP contribution in [0.4, 0.5) is 0 Å². The molecule has 2 rings (SSSR count). The van der Waals surface area contributed by atoms with Gasteiger partial charge in [-0.1, -0.05) is 43.2 Å². The maximum Gasteiger partial charge on any atom is 0.224 e. The van der Waals surface area contributed by atoms with E-state index in [9.17, 15) is 4.79 Å². The van der Waals surface area contributed by atoms with Crippen molar-refractivity contribution in [2.75, 3.05) is 6.54 Å². The fourth-order valence-corrected chi connectivity index (χ4v) is 2.95. The van der Waals surface area contributed by atoms with Gasteiger partial charge in [-0.15, -0.1) is 0 Å². The number of nitrogens with one attached hydrogen (secondary N) is 1. The van der Waals surface area contributed by atoms with Crippen LogP contribution in [-0.4, -0.2) is 18.5 Å². The highest BCUT2D eigenvalue weighted by Gasteiger charge is 2.30. The van der Waals surface area contributed by atoms with Gasteiger partial charge in [0.05, 0.1) is 5.41 Å². The summed E-state index contributed by atoms with van der Waals surface area (Å²) in [5, 5.41) is 3.59. The van der Waals surface area contributed by atoms with Crippen molar-refractivity contribution in [3.05, 3.63) is 35.9 Å². The van der Waals surface area contributed by atoms with Gasteiger partial charge in [0.25, 0.3) is 0 Å². The van der Waals surface area contributed by atoms with Crippen LogP contribution in [-0.2, 0) is 4.79 Å². The normalized spacial score (nSPS) is 23.5. The van der Waals surface area contributed by atoms with E-state index in [2.05, 4.69) is 35.6 Å². The minimum Gasteiger partial charge on any atom is -0.369 e. The van der Waals surface area contributed by atoms with Crippen LogP contribution in [0.2, 0.25) is 0 Å². The van der Waals surface area contributed by atoms with E-state index < -0.39 is 5.41 Å². The third-order valence-corrected chi connectivity index (χ3v) is 4.47. The Balaban J connectivity index is 2.03. The molecule has 1 aliphatic carbocycles. The quantitative estimate of drug-likeness (QED) is 0.867. The van der Waals surface area contributed by atoms with Gasteiger partial charge in [0, 0.05) is 12.6 Å². The Labute approximate surface area is 121 Å². The lowest BCUT2D eigenvalue weighted by molar-refractivity contribution is -0.125. The van der Waals surface area contributed by atoms with Gasteiger partial charge in [0.15, 0.2) is 0 Å². The number of nitrogens with two attached hydrogens (primary N) is 1. The number of carbonyl (C=O) groups excluding carboxylic acids is 1. The Morgan fingerprint density at radius 2 is 1.90 bits per heavy atom.